The highest BCUT2D eigenvalue weighted by molar-refractivity contribution is 7.99. The first kappa shape index (κ1) is 20.1. The van der Waals surface area contributed by atoms with Gasteiger partial charge < -0.3 is 5.32 Å². The van der Waals surface area contributed by atoms with Crippen molar-refractivity contribution in [2.24, 2.45) is 0 Å². The van der Waals surface area contributed by atoms with Gasteiger partial charge in [0.05, 0.1) is 11.8 Å². The van der Waals surface area contributed by atoms with Gasteiger partial charge in [-0.05, 0) is 30.7 Å². The molecule has 0 fully saturated rings. The Morgan fingerprint density at radius 3 is 2.75 bits per heavy atom. The van der Waals surface area contributed by atoms with Gasteiger partial charge in [-0.25, -0.2) is 0 Å². The van der Waals surface area contributed by atoms with E-state index in [0.29, 0.717) is 16.7 Å². The van der Waals surface area contributed by atoms with E-state index in [-0.39, 0.29) is 17.7 Å². The van der Waals surface area contributed by atoms with Crippen LogP contribution in [0.15, 0.2) is 66.6 Å². The van der Waals surface area contributed by atoms with E-state index in [1.807, 2.05) is 47.9 Å². The number of nitrogens with zero attached hydrogens (tertiary/aromatic N) is 4. The minimum absolute atomic E-state index is 0.101. The van der Waals surface area contributed by atoms with Gasteiger partial charge in [-0.2, -0.15) is 0 Å². The van der Waals surface area contributed by atoms with Crippen molar-refractivity contribution in [3.63, 3.8) is 0 Å². The van der Waals surface area contributed by atoms with Gasteiger partial charge in [0.1, 0.15) is 0 Å². The number of aromatic nitrogens is 4. The fourth-order valence-corrected chi connectivity index (χ4v) is 3.78. The molecule has 0 aliphatic rings. The molecular formula is C20H20ClN5OS. The van der Waals surface area contributed by atoms with Crippen LogP contribution in [0.25, 0.3) is 11.4 Å². The van der Waals surface area contributed by atoms with Gasteiger partial charge in [0.15, 0.2) is 11.0 Å². The molecule has 0 saturated heterocycles. The minimum atomic E-state index is -0.180. The SMILES string of the molecule is C=CCn1c(SCC(=O)NC(C)c2ccccc2Cl)nnc1-c1ccncc1. The Bertz CT molecular complexity index is 960. The van der Waals surface area contributed by atoms with Crippen LogP contribution in [0.2, 0.25) is 5.02 Å². The number of pyridine rings is 1. The van der Waals surface area contributed by atoms with Crippen molar-refractivity contribution in [1.82, 2.24) is 25.1 Å². The maximum Gasteiger partial charge on any atom is 0.230 e. The highest BCUT2D eigenvalue weighted by Crippen LogP contribution is 2.25. The van der Waals surface area contributed by atoms with E-state index in [1.165, 1.54) is 11.8 Å². The molecule has 1 N–H and O–H groups in total. The average Bonchev–Trinajstić information content (AvgIpc) is 3.10. The summed E-state index contributed by atoms with van der Waals surface area (Å²) >= 11 is 7.53. The molecule has 2 heterocycles. The lowest BCUT2D eigenvalue weighted by molar-refractivity contribution is -0.119. The van der Waals surface area contributed by atoms with Gasteiger partial charge in [0.25, 0.3) is 0 Å². The Morgan fingerprint density at radius 1 is 1.29 bits per heavy atom. The third kappa shape index (κ3) is 4.79. The highest BCUT2D eigenvalue weighted by Gasteiger charge is 2.16. The predicted molar refractivity (Wildman–Crippen MR) is 112 cm³/mol. The number of hydrogen-bond donors (Lipinski definition) is 1. The van der Waals surface area contributed by atoms with E-state index < -0.39 is 0 Å². The number of benzene rings is 1. The number of hydrogen-bond acceptors (Lipinski definition) is 5. The number of amides is 1. The van der Waals surface area contributed by atoms with Crippen LogP contribution >= 0.6 is 23.4 Å². The largest absolute Gasteiger partial charge is 0.349 e. The van der Waals surface area contributed by atoms with E-state index in [2.05, 4.69) is 27.1 Å². The molecule has 1 aromatic carbocycles. The van der Waals surface area contributed by atoms with Gasteiger partial charge >= 0.3 is 0 Å². The van der Waals surface area contributed by atoms with E-state index in [4.69, 9.17) is 11.6 Å². The fraction of sp³-hybridized carbons (Fsp3) is 0.200. The maximum atomic E-state index is 12.4. The van der Waals surface area contributed by atoms with Gasteiger partial charge in [-0.3, -0.25) is 14.3 Å². The second-order valence-electron chi connectivity index (χ2n) is 6.04. The summed E-state index contributed by atoms with van der Waals surface area (Å²) in [5, 5.41) is 12.8. The van der Waals surface area contributed by atoms with Crippen LogP contribution in [0.5, 0.6) is 0 Å². The van der Waals surface area contributed by atoms with E-state index in [0.717, 1.165) is 17.0 Å². The lowest BCUT2D eigenvalue weighted by Crippen LogP contribution is -2.28. The molecule has 0 radical (unpaired) electrons. The first-order valence-electron chi connectivity index (χ1n) is 8.71. The molecule has 144 valence electrons. The van der Waals surface area contributed by atoms with Crippen molar-refractivity contribution in [2.75, 3.05) is 5.75 Å². The zero-order chi connectivity index (χ0) is 19.9. The van der Waals surface area contributed by atoms with Crippen LogP contribution in [0, 0.1) is 0 Å². The van der Waals surface area contributed by atoms with Gasteiger partial charge in [0, 0.05) is 29.5 Å². The van der Waals surface area contributed by atoms with Crippen molar-refractivity contribution in [3.05, 3.63) is 72.0 Å². The molecule has 0 spiro atoms. The number of nitrogens with one attached hydrogen (secondary N) is 1. The molecule has 1 atom stereocenters. The second-order valence-corrected chi connectivity index (χ2v) is 7.39. The number of carbonyl (C=O) groups excluding carboxylic acids is 1. The van der Waals surface area contributed by atoms with Gasteiger partial charge in [-0.15, -0.1) is 16.8 Å². The highest BCUT2D eigenvalue weighted by atomic mass is 35.5. The Kier molecular flexibility index (Phi) is 6.84. The van der Waals surface area contributed by atoms with Gasteiger partial charge in [-0.1, -0.05) is 47.6 Å². The molecule has 6 nitrogen and oxygen atoms in total. The average molecular weight is 414 g/mol. The number of allylic oxidation sites excluding steroid dienone is 1. The van der Waals surface area contributed by atoms with Gasteiger partial charge in [0.2, 0.25) is 5.91 Å². The molecule has 0 aliphatic heterocycles. The summed E-state index contributed by atoms with van der Waals surface area (Å²) in [6.45, 7) is 6.25. The molecule has 1 unspecified atom stereocenters. The summed E-state index contributed by atoms with van der Waals surface area (Å²) in [4.78, 5) is 16.4. The lowest BCUT2D eigenvalue weighted by Gasteiger charge is -2.15. The molecular weight excluding hydrogens is 394 g/mol. The molecule has 3 rings (SSSR count). The quantitative estimate of drug-likeness (QED) is 0.443. The van der Waals surface area contributed by atoms with Crippen molar-refractivity contribution in [2.45, 2.75) is 24.7 Å². The molecule has 8 heteroatoms. The molecule has 0 aliphatic carbocycles. The molecule has 2 aromatic heterocycles. The summed E-state index contributed by atoms with van der Waals surface area (Å²) in [7, 11) is 0. The maximum absolute atomic E-state index is 12.4. The number of halogens is 1. The van der Waals surface area contributed by atoms with E-state index in [1.54, 1.807) is 18.5 Å². The summed E-state index contributed by atoms with van der Waals surface area (Å²) < 4.78 is 1.93. The molecule has 3 aromatic rings. The third-order valence-corrected chi connectivity index (χ3v) is 5.36. The minimum Gasteiger partial charge on any atom is -0.349 e. The second kappa shape index (κ2) is 9.52. The number of rotatable bonds is 8. The molecule has 1 amide bonds. The Balaban J connectivity index is 1.67. The first-order valence-corrected chi connectivity index (χ1v) is 10.1. The van der Waals surface area contributed by atoms with Crippen molar-refractivity contribution in [1.29, 1.82) is 0 Å². The van der Waals surface area contributed by atoms with Crippen LogP contribution < -0.4 is 5.32 Å². The van der Waals surface area contributed by atoms with Crippen molar-refractivity contribution in [3.8, 4) is 11.4 Å². The topological polar surface area (TPSA) is 72.7 Å². The normalized spacial score (nSPS) is 11.8. The van der Waals surface area contributed by atoms with E-state index in [9.17, 15) is 4.79 Å². The fourth-order valence-electron chi connectivity index (χ4n) is 2.72. The zero-order valence-electron chi connectivity index (χ0n) is 15.4. The third-order valence-electron chi connectivity index (χ3n) is 4.05. The number of carbonyl (C=O) groups is 1. The van der Waals surface area contributed by atoms with Crippen molar-refractivity contribution < 1.29 is 4.79 Å². The van der Waals surface area contributed by atoms with E-state index >= 15 is 0 Å². The summed E-state index contributed by atoms with van der Waals surface area (Å²) in [6, 6.07) is 11.0. The monoisotopic (exact) mass is 413 g/mol. The van der Waals surface area contributed by atoms with Crippen LogP contribution in [0.3, 0.4) is 0 Å². The van der Waals surface area contributed by atoms with Crippen LogP contribution in [-0.4, -0.2) is 31.4 Å². The smallest absolute Gasteiger partial charge is 0.230 e. The van der Waals surface area contributed by atoms with Crippen LogP contribution in [0.4, 0.5) is 0 Å². The summed E-state index contributed by atoms with van der Waals surface area (Å²) in [6.07, 6.45) is 5.19. The zero-order valence-corrected chi connectivity index (χ0v) is 17.0. The molecule has 28 heavy (non-hydrogen) atoms. The molecule has 0 bridgehead atoms. The predicted octanol–water partition coefficient (Wildman–Crippen LogP) is 4.15. The first-order chi connectivity index (χ1) is 13.6. The number of thioether (sulfide) groups is 1. The Morgan fingerprint density at radius 2 is 2.04 bits per heavy atom. The Hall–Kier alpha value is -2.64. The van der Waals surface area contributed by atoms with Crippen LogP contribution in [0.1, 0.15) is 18.5 Å². The Labute approximate surface area is 173 Å². The molecule has 0 saturated carbocycles. The lowest BCUT2D eigenvalue weighted by atomic mass is 10.1. The summed E-state index contributed by atoms with van der Waals surface area (Å²) in [5.41, 5.74) is 1.80. The summed E-state index contributed by atoms with van der Waals surface area (Å²) in [5.74, 6) is 0.839. The standard InChI is InChI=1S/C20H20ClN5OS/c1-3-12-26-19(15-8-10-22-11-9-15)24-25-20(26)28-13-18(27)23-14(2)16-6-4-5-7-17(16)21/h3-11,14H,1,12-13H2,2H3,(H,23,27). The van der Waals surface area contributed by atoms with Crippen LogP contribution in [-0.2, 0) is 11.3 Å². The van der Waals surface area contributed by atoms with Crippen molar-refractivity contribution >= 4 is 29.3 Å².